The zero-order valence-corrected chi connectivity index (χ0v) is 24.2. The van der Waals surface area contributed by atoms with Crippen LogP contribution in [0.1, 0.15) is 33.4 Å². The van der Waals surface area contributed by atoms with Crippen LogP contribution in [0.2, 0.25) is 0 Å². The molecule has 7 aromatic carbocycles. The van der Waals surface area contributed by atoms with Gasteiger partial charge < -0.3 is 0 Å². The first-order chi connectivity index (χ1) is 21.2. The minimum atomic E-state index is -0.333. The molecule has 7 aromatic rings. The maximum Gasteiger partial charge on any atom is 0.0725 e. The summed E-state index contributed by atoms with van der Waals surface area (Å²) in [5.74, 6) is 0. The first kappa shape index (κ1) is 23.4. The molecule has 1 spiro atoms. The highest BCUT2D eigenvalue weighted by Crippen LogP contribution is 2.65. The second-order valence-electron chi connectivity index (χ2n) is 12.5. The molecule has 0 fully saturated rings. The van der Waals surface area contributed by atoms with Crippen LogP contribution in [0.4, 0.5) is 0 Å². The van der Waals surface area contributed by atoms with Crippen molar-refractivity contribution in [2.45, 2.75) is 19.3 Å². The monoisotopic (exact) mass is 544 g/mol. The van der Waals surface area contributed by atoms with Crippen molar-refractivity contribution in [3.8, 4) is 55.6 Å². The van der Waals surface area contributed by atoms with E-state index in [2.05, 4.69) is 147 Å². The van der Waals surface area contributed by atoms with Crippen molar-refractivity contribution in [2.75, 3.05) is 0 Å². The standard InChI is InChI=1S/C43H28/c1-25-11-9-12-26(2)40(25)27-21-22-28-34(23-27)31-16-10-17-33-41(31)35(28)24-39-42(33)32-15-5-8-20-38(32)43(39)36-18-6-3-13-29(36)30-14-4-7-19-37(30)43/h3-24H,1-2H3. The van der Waals surface area contributed by atoms with Crippen LogP contribution in [0.5, 0.6) is 0 Å². The molecule has 0 N–H and O–H groups in total. The van der Waals surface area contributed by atoms with Crippen molar-refractivity contribution in [3.63, 3.8) is 0 Å². The average molecular weight is 545 g/mol. The predicted molar refractivity (Wildman–Crippen MR) is 180 cm³/mol. The molecule has 0 aromatic heterocycles. The van der Waals surface area contributed by atoms with Gasteiger partial charge in [-0.3, -0.25) is 0 Å². The molecule has 0 atom stereocenters. The van der Waals surface area contributed by atoms with Crippen LogP contribution in [-0.4, -0.2) is 0 Å². The highest BCUT2D eigenvalue weighted by molar-refractivity contribution is 6.21. The van der Waals surface area contributed by atoms with Crippen LogP contribution in [-0.2, 0) is 5.41 Å². The summed E-state index contributed by atoms with van der Waals surface area (Å²) in [7, 11) is 0. The van der Waals surface area contributed by atoms with Crippen LogP contribution in [0.25, 0.3) is 66.4 Å². The molecule has 0 saturated heterocycles. The Balaban J connectivity index is 1.33. The van der Waals surface area contributed by atoms with Crippen molar-refractivity contribution in [3.05, 3.63) is 167 Å². The number of hydrogen-bond acceptors (Lipinski definition) is 0. The van der Waals surface area contributed by atoms with Crippen molar-refractivity contribution >= 4 is 10.8 Å². The third-order valence-corrected chi connectivity index (χ3v) is 10.5. The van der Waals surface area contributed by atoms with Gasteiger partial charge in [0.1, 0.15) is 0 Å². The Hall–Kier alpha value is -5.20. The van der Waals surface area contributed by atoms with E-state index in [9.17, 15) is 0 Å². The summed E-state index contributed by atoms with van der Waals surface area (Å²) in [5.41, 5.74) is 21.4. The maximum atomic E-state index is 2.56. The third kappa shape index (κ3) is 2.69. The minimum absolute atomic E-state index is 0.333. The normalized spacial score (nSPS) is 14.0. The maximum absolute atomic E-state index is 2.56. The molecular weight excluding hydrogens is 516 g/mol. The van der Waals surface area contributed by atoms with Crippen LogP contribution in [0.3, 0.4) is 0 Å². The molecule has 0 nitrogen and oxygen atoms in total. The Morgan fingerprint density at radius 2 is 0.953 bits per heavy atom. The van der Waals surface area contributed by atoms with Crippen molar-refractivity contribution in [1.82, 2.24) is 0 Å². The molecule has 0 heteroatoms. The molecule has 0 amide bonds. The second kappa shape index (κ2) is 8.00. The van der Waals surface area contributed by atoms with Gasteiger partial charge in [0.2, 0.25) is 0 Å². The van der Waals surface area contributed by atoms with Crippen molar-refractivity contribution < 1.29 is 0 Å². The Morgan fingerprint density at radius 3 is 1.65 bits per heavy atom. The van der Waals surface area contributed by atoms with Gasteiger partial charge in [-0.05, 0) is 126 Å². The Morgan fingerprint density at radius 1 is 0.372 bits per heavy atom. The lowest BCUT2D eigenvalue weighted by Crippen LogP contribution is -2.25. The minimum Gasteiger partial charge on any atom is -0.0619 e. The molecule has 0 radical (unpaired) electrons. The van der Waals surface area contributed by atoms with E-state index >= 15 is 0 Å². The number of rotatable bonds is 1. The molecule has 0 heterocycles. The summed E-state index contributed by atoms with van der Waals surface area (Å²) >= 11 is 0. The van der Waals surface area contributed by atoms with E-state index in [0.29, 0.717) is 0 Å². The van der Waals surface area contributed by atoms with Gasteiger partial charge in [0.25, 0.3) is 0 Å². The second-order valence-corrected chi connectivity index (χ2v) is 12.5. The Bertz CT molecular complexity index is 2300. The van der Waals surface area contributed by atoms with Crippen molar-refractivity contribution in [1.29, 1.82) is 0 Å². The topological polar surface area (TPSA) is 0 Å². The first-order valence-corrected chi connectivity index (χ1v) is 15.3. The predicted octanol–water partition coefficient (Wildman–Crippen LogP) is 11.1. The summed E-state index contributed by atoms with van der Waals surface area (Å²) in [6.45, 7) is 4.45. The quantitative estimate of drug-likeness (QED) is 0.193. The lowest BCUT2D eigenvalue weighted by Gasteiger charge is -2.30. The van der Waals surface area contributed by atoms with Gasteiger partial charge in [0.15, 0.2) is 0 Å². The van der Waals surface area contributed by atoms with E-state index in [-0.39, 0.29) is 5.41 Å². The largest absolute Gasteiger partial charge is 0.0725 e. The van der Waals surface area contributed by atoms with E-state index in [1.807, 2.05) is 0 Å². The number of benzene rings is 7. The molecule has 0 saturated carbocycles. The Kier molecular flexibility index (Phi) is 4.35. The number of fused-ring (bicyclic) bond motifs is 14. The molecule has 43 heavy (non-hydrogen) atoms. The zero-order chi connectivity index (χ0) is 28.4. The molecular formula is C43H28. The highest BCUT2D eigenvalue weighted by Gasteiger charge is 2.52. The average Bonchev–Trinajstić information content (AvgIpc) is 3.64. The third-order valence-electron chi connectivity index (χ3n) is 10.5. The fourth-order valence-corrected chi connectivity index (χ4v) is 8.92. The van der Waals surface area contributed by atoms with Crippen LogP contribution < -0.4 is 0 Å². The smallest absolute Gasteiger partial charge is 0.0619 e. The van der Waals surface area contributed by atoms with Gasteiger partial charge in [0.05, 0.1) is 5.41 Å². The zero-order valence-electron chi connectivity index (χ0n) is 24.2. The Labute approximate surface area is 251 Å². The van der Waals surface area contributed by atoms with Crippen LogP contribution in [0, 0.1) is 13.8 Å². The highest BCUT2D eigenvalue weighted by atomic mass is 14.5. The summed E-state index contributed by atoms with van der Waals surface area (Å²) in [6.07, 6.45) is 0. The number of hydrogen-bond donors (Lipinski definition) is 0. The lowest BCUT2D eigenvalue weighted by molar-refractivity contribution is 0.795. The molecule has 3 aliphatic rings. The molecule has 10 rings (SSSR count). The van der Waals surface area contributed by atoms with Gasteiger partial charge in [-0.25, -0.2) is 0 Å². The fraction of sp³-hybridized carbons (Fsp3) is 0.0698. The summed E-state index contributed by atoms with van der Waals surface area (Å²) in [6, 6.07) is 50.6. The number of aryl methyl sites for hydroxylation is 2. The molecule has 0 aliphatic heterocycles. The summed E-state index contributed by atoms with van der Waals surface area (Å²) in [4.78, 5) is 0. The van der Waals surface area contributed by atoms with Crippen LogP contribution >= 0.6 is 0 Å². The molecule has 200 valence electrons. The lowest BCUT2D eigenvalue weighted by atomic mass is 9.70. The van der Waals surface area contributed by atoms with Crippen LogP contribution in [0.15, 0.2) is 133 Å². The van der Waals surface area contributed by atoms with Gasteiger partial charge in [-0.1, -0.05) is 121 Å². The first-order valence-electron chi connectivity index (χ1n) is 15.3. The van der Waals surface area contributed by atoms with E-state index in [0.717, 1.165) is 0 Å². The fourth-order valence-electron chi connectivity index (χ4n) is 8.92. The van der Waals surface area contributed by atoms with E-state index in [1.54, 1.807) is 0 Å². The molecule has 0 unspecified atom stereocenters. The van der Waals surface area contributed by atoms with Gasteiger partial charge >= 0.3 is 0 Å². The summed E-state index contributed by atoms with van der Waals surface area (Å²) < 4.78 is 0. The van der Waals surface area contributed by atoms with Gasteiger partial charge in [0, 0.05) is 0 Å². The molecule has 3 aliphatic carbocycles. The van der Waals surface area contributed by atoms with Gasteiger partial charge in [-0.15, -0.1) is 0 Å². The van der Waals surface area contributed by atoms with Gasteiger partial charge in [-0.2, -0.15) is 0 Å². The van der Waals surface area contributed by atoms with Crippen molar-refractivity contribution in [2.24, 2.45) is 0 Å². The van der Waals surface area contributed by atoms with E-state index < -0.39 is 0 Å². The molecule has 0 bridgehead atoms. The SMILES string of the molecule is Cc1cccc(C)c1-c1ccc2c(c1)-c1cccc3c4c(cc-2c13)C1(c2ccccc2-c2ccccc21)c1ccccc1-4. The van der Waals surface area contributed by atoms with E-state index in [1.165, 1.54) is 99.8 Å². The van der Waals surface area contributed by atoms with E-state index in [4.69, 9.17) is 0 Å². The summed E-state index contributed by atoms with van der Waals surface area (Å²) in [5, 5.41) is 2.75.